The van der Waals surface area contributed by atoms with Gasteiger partial charge in [-0.3, -0.25) is 24.6 Å². The molecule has 1 fully saturated rings. The van der Waals surface area contributed by atoms with Gasteiger partial charge >= 0.3 is 0 Å². The van der Waals surface area contributed by atoms with Gasteiger partial charge in [0, 0.05) is 12.1 Å². The number of nitrogens with one attached hydrogen (secondary N) is 2. The lowest BCUT2D eigenvalue weighted by Gasteiger charge is -2.27. The molecule has 2 aliphatic heterocycles. The Morgan fingerprint density at radius 3 is 2.37 bits per heavy atom. The SMILES string of the molecule is O=C(CN1CCC[C@@H]1C(=O)NC(=O)C1NCCc2ccccc21)c1ccc(-c2ccccc2)cc1. The lowest BCUT2D eigenvalue weighted by molar-refractivity contribution is -0.134. The number of carbonyl (C=O) groups excluding carboxylic acids is 3. The number of fused-ring (bicyclic) bond motifs is 1. The first-order valence-corrected chi connectivity index (χ1v) is 12.2. The van der Waals surface area contributed by atoms with Gasteiger partial charge in [0.15, 0.2) is 5.78 Å². The number of imide groups is 1. The van der Waals surface area contributed by atoms with Crippen molar-refractivity contribution in [1.82, 2.24) is 15.5 Å². The number of amides is 2. The van der Waals surface area contributed by atoms with Gasteiger partial charge in [-0.2, -0.15) is 0 Å². The molecule has 0 aliphatic carbocycles. The van der Waals surface area contributed by atoms with E-state index in [9.17, 15) is 14.4 Å². The van der Waals surface area contributed by atoms with Crippen LogP contribution in [0.2, 0.25) is 0 Å². The molecule has 2 aliphatic rings. The van der Waals surface area contributed by atoms with Gasteiger partial charge in [-0.05, 0) is 48.1 Å². The van der Waals surface area contributed by atoms with Gasteiger partial charge in [0.25, 0.3) is 0 Å². The Balaban J connectivity index is 1.21. The van der Waals surface area contributed by atoms with E-state index in [-0.39, 0.29) is 24.1 Å². The highest BCUT2D eigenvalue weighted by molar-refractivity contribution is 6.02. The Bertz CT molecular complexity index is 1220. The minimum absolute atomic E-state index is 0.0292. The predicted molar refractivity (Wildman–Crippen MR) is 135 cm³/mol. The monoisotopic (exact) mass is 467 g/mol. The Labute approximate surface area is 205 Å². The fourth-order valence-corrected chi connectivity index (χ4v) is 5.08. The number of ketones is 1. The van der Waals surface area contributed by atoms with E-state index in [1.165, 1.54) is 0 Å². The zero-order valence-corrected chi connectivity index (χ0v) is 19.6. The number of Topliss-reactive ketones (excluding diaryl/α,β-unsaturated/α-hetero) is 1. The van der Waals surface area contributed by atoms with Crippen molar-refractivity contribution in [3.05, 3.63) is 95.6 Å². The second-order valence-electron chi connectivity index (χ2n) is 9.18. The third-order valence-electron chi connectivity index (χ3n) is 6.94. The quantitative estimate of drug-likeness (QED) is 0.428. The van der Waals surface area contributed by atoms with Crippen LogP contribution in [0.1, 0.15) is 40.4 Å². The molecular formula is C29H29N3O3. The highest BCUT2D eigenvalue weighted by Gasteiger charge is 2.35. The standard InChI is InChI=1S/C29H29N3O3/c33-26(23-14-12-21(13-15-23)20-7-2-1-3-8-20)19-32-18-6-11-25(32)28(34)31-29(35)27-24-10-5-4-9-22(24)16-17-30-27/h1-5,7-10,12-15,25,27,30H,6,11,16-19H2,(H,31,34,35)/t25-,27?/m1/s1. The van der Waals surface area contributed by atoms with E-state index in [1.54, 1.807) is 0 Å². The molecule has 0 saturated carbocycles. The van der Waals surface area contributed by atoms with Crippen molar-refractivity contribution in [3.63, 3.8) is 0 Å². The van der Waals surface area contributed by atoms with Crippen molar-refractivity contribution in [1.29, 1.82) is 0 Å². The molecular weight excluding hydrogens is 438 g/mol. The van der Waals surface area contributed by atoms with Crippen LogP contribution in [-0.2, 0) is 16.0 Å². The number of likely N-dealkylation sites (tertiary alicyclic amines) is 1. The van der Waals surface area contributed by atoms with Gasteiger partial charge < -0.3 is 5.32 Å². The number of rotatable bonds is 6. The maximum absolute atomic E-state index is 13.0. The van der Waals surface area contributed by atoms with Crippen molar-refractivity contribution < 1.29 is 14.4 Å². The first kappa shape index (κ1) is 23.1. The van der Waals surface area contributed by atoms with Gasteiger partial charge in [-0.25, -0.2) is 0 Å². The smallest absolute Gasteiger partial charge is 0.248 e. The first-order chi connectivity index (χ1) is 17.1. The van der Waals surface area contributed by atoms with Gasteiger partial charge in [-0.1, -0.05) is 78.9 Å². The fourth-order valence-electron chi connectivity index (χ4n) is 5.08. The van der Waals surface area contributed by atoms with Crippen molar-refractivity contribution in [2.24, 2.45) is 0 Å². The van der Waals surface area contributed by atoms with Crippen LogP contribution in [0.15, 0.2) is 78.9 Å². The Morgan fingerprint density at radius 1 is 0.857 bits per heavy atom. The molecule has 0 spiro atoms. The summed E-state index contributed by atoms with van der Waals surface area (Å²) in [6.07, 6.45) is 2.31. The second kappa shape index (κ2) is 10.3. The Kier molecular flexibility index (Phi) is 6.84. The maximum atomic E-state index is 13.0. The molecule has 2 atom stereocenters. The highest BCUT2D eigenvalue weighted by Crippen LogP contribution is 2.24. The van der Waals surface area contributed by atoms with Gasteiger partial charge in [0.1, 0.15) is 6.04 Å². The van der Waals surface area contributed by atoms with Crippen LogP contribution in [0.4, 0.5) is 0 Å². The summed E-state index contributed by atoms with van der Waals surface area (Å²) in [6.45, 7) is 1.50. The molecule has 2 N–H and O–H groups in total. The van der Waals surface area contributed by atoms with Crippen molar-refractivity contribution >= 4 is 17.6 Å². The molecule has 0 bridgehead atoms. The van der Waals surface area contributed by atoms with Crippen molar-refractivity contribution in [2.75, 3.05) is 19.6 Å². The van der Waals surface area contributed by atoms with E-state index in [4.69, 9.17) is 0 Å². The fraction of sp³-hybridized carbons (Fsp3) is 0.276. The summed E-state index contributed by atoms with van der Waals surface area (Å²) in [7, 11) is 0. The number of hydrogen-bond acceptors (Lipinski definition) is 5. The summed E-state index contributed by atoms with van der Waals surface area (Å²) in [4.78, 5) is 40.8. The number of nitrogens with zero attached hydrogens (tertiary/aromatic N) is 1. The molecule has 5 rings (SSSR count). The van der Waals surface area contributed by atoms with Crippen LogP contribution in [0.3, 0.4) is 0 Å². The van der Waals surface area contributed by atoms with Crippen molar-refractivity contribution in [3.8, 4) is 11.1 Å². The zero-order chi connectivity index (χ0) is 24.2. The van der Waals surface area contributed by atoms with Gasteiger partial charge in [-0.15, -0.1) is 0 Å². The largest absolute Gasteiger partial charge is 0.302 e. The van der Waals surface area contributed by atoms with Crippen LogP contribution in [0, 0.1) is 0 Å². The van der Waals surface area contributed by atoms with Gasteiger partial charge in [0.2, 0.25) is 11.8 Å². The summed E-state index contributed by atoms with van der Waals surface area (Å²) in [5.41, 5.74) is 4.82. The minimum Gasteiger partial charge on any atom is -0.302 e. The second-order valence-corrected chi connectivity index (χ2v) is 9.18. The van der Waals surface area contributed by atoms with E-state index in [1.807, 2.05) is 83.8 Å². The molecule has 2 amide bonds. The summed E-state index contributed by atoms with van der Waals surface area (Å²) in [5.74, 6) is -0.695. The average molecular weight is 468 g/mol. The molecule has 1 saturated heterocycles. The van der Waals surface area contributed by atoms with Crippen LogP contribution in [0.5, 0.6) is 0 Å². The molecule has 6 nitrogen and oxygen atoms in total. The third-order valence-corrected chi connectivity index (χ3v) is 6.94. The summed E-state index contributed by atoms with van der Waals surface area (Å²) in [5, 5.41) is 5.83. The van der Waals surface area contributed by atoms with E-state index < -0.39 is 12.1 Å². The number of benzene rings is 3. The molecule has 178 valence electrons. The van der Waals surface area contributed by atoms with E-state index >= 15 is 0 Å². The minimum atomic E-state index is -0.538. The van der Waals surface area contributed by atoms with Crippen LogP contribution >= 0.6 is 0 Å². The molecule has 1 unspecified atom stereocenters. The highest BCUT2D eigenvalue weighted by atomic mass is 16.2. The molecule has 0 radical (unpaired) electrons. The number of carbonyl (C=O) groups is 3. The molecule has 6 heteroatoms. The van der Waals surface area contributed by atoms with E-state index in [2.05, 4.69) is 10.6 Å². The van der Waals surface area contributed by atoms with Crippen LogP contribution in [-0.4, -0.2) is 48.2 Å². The summed E-state index contributed by atoms with van der Waals surface area (Å²) in [6, 6.07) is 24.4. The molecule has 3 aromatic rings. The molecule has 2 heterocycles. The Morgan fingerprint density at radius 2 is 1.57 bits per heavy atom. The normalized spacial score (nSPS) is 19.7. The third kappa shape index (κ3) is 5.09. The summed E-state index contributed by atoms with van der Waals surface area (Å²) >= 11 is 0. The number of hydrogen-bond donors (Lipinski definition) is 2. The van der Waals surface area contributed by atoms with Crippen LogP contribution < -0.4 is 10.6 Å². The Hall–Kier alpha value is -3.61. The zero-order valence-electron chi connectivity index (χ0n) is 19.6. The summed E-state index contributed by atoms with van der Waals surface area (Å²) < 4.78 is 0. The lowest BCUT2D eigenvalue weighted by atomic mass is 9.94. The molecule has 3 aromatic carbocycles. The molecule has 35 heavy (non-hydrogen) atoms. The maximum Gasteiger partial charge on any atom is 0.248 e. The van der Waals surface area contributed by atoms with Crippen molar-refractivity contribution in [2.45, 2.75) is 31.3 Å². The van der Waals surface area contributed by atoms with E-state index in [0.717, 1.165) is 35.1 Å². The first-order valence-electron chi connectivity index (χ1n) is 12.2. The molecule has 0 aromatic heterocycles. The van der Waals surface area contributed by atoms with Crippen LogP contribution in [0.25, 0.3) is 11.1 Å². The van der Waals surface area contributed by atoms with E-state index in [0.29, 0.717) is 25.1 Å². The average Bonchev–Trinajstić information content (AvgIpc) is 3.37. The lowest BCUT2D eigenvalue weighted by Crippen LogP contribution is -2.50. The topological polar surface area (TPSA) is 78.5 Å². The van der Waals surface area contributed by atoms with Gasteiger partial charge in [0.05, 0.1) is 12.6 Å². The predicted octanol–water partition coefficient (Wildman–Crippen LogP) is 3.53.